The molecule has 1 amide bonds. The van der Waals surface area contributed by atoms with E-state index in [1.54, 1.807) is 0 Å². The number of aryl methyl sites for hydroxylation is 2. The first-order chi connectivity index (χ1) is 10.2. The summed E-state index contributed by atoms with van der Waals surface area (Å²) in [4.78, 5) is 12.1. The number of rotatable bonds is 6. The summed E-state index contributed by atoms with van der Waals surface area (Å²) in [5.41, 5.74) is 3.57. The Labute approximate surface area is 134 Å². The zero-order chi connectivity index (χ0) is 15.1. The number of halogens is 1. The van der Waals surface area contributed by atoms with Crippen LogP contribution in [0.5, 0.6) is 0 Å². The monoisotopic (exact) mass is 345 g/mol. The lowest BCUT2D eigenvalue weighted by Gasteiger charge is -2.16. The minimum atomic E-state index is 0.0247. The van der Waals surface area contributed by atoms with E-state index in [9.17, 15) is 4.79 Å². The van der Waals surface area contributed by atoms with Crippen molar-refractivity contribution in [1.29, 1.82) is 0 Å². The summed E-state index contributed by atoms with van der Waals surface area (Å²) >= 11 is 3.47. The molecule has 0 bridgehead atoms. The Morgan fingerprint density at radius 2 is 1.76 bits per heavy atom. The fraction of sp³-hybridized carbons (Fsp3) is 0.278. The summed E-state index contributed by atoms with van der Waals surface area (Å²) < 4.78 is 0. The molecule has 2 aromatic carbocycles. The Kier molecular flexibility index (Phi) is 6.00. The maximum atomic E-state index is 12.1. The van der Waals surface area contributed by atoms with Crippen LogP contribution in [0.2, 0.25) is 0 Å². The second-order valence-electron chi connectivity index (χ2n) is 5.17. The van der Waals surface area contributed by atoms with Crippen LogP contribution >= 0.6 is 15.9 Å². The largest absolute Gasteiger partial charge is 0.348 e. The number of hydrogen-bond acceptors (Lipinski definition) is 1. The Morgan fingerprint density at radius 1 is 1.10 bits per heavy atom. The minimum absolute atomic E-state index is 0.0247. The van der Waals surface area contributed by atoms with Crippen LogP contribution in [0.15, 0.2) is 54.6 Å². The molecule has 0 aromatic heterocycles. The molecule has 1 N–H and O–H groups in total. The third-order valence-corrected chi connectivity index (χ3v) is 4.10. The maximum Gasteiger partial charge on any atom is 0.220 e. The number of benzene rings is 2. The van der Waals surface area contributed by atoms with Crippen molar-refractivity contribution in [2.24, 2.45) is 0 Å². The Hall–Kier alpha value is -1.61. The molecule has 2 aromatic rings. The van der Waals surface area contributed by atoms with Gasteiger partial charge in [-0.1, -0.05) is 76.1 Å². The van der Waals surface area contributed by atoms with Crippen molar-refractivity contribution in [3.8, 4) is 0 Å². The quantitative estimate of drug-likeness (QED) is 0.781. The van der Waals surface area contributed by atoms with Crippen molar-refractivity contribution in [2.75, 3.05) is 5.33 Å². The number of nitrogens with one attached hydrogen (secondary N) is 1. The highest BCUT2D eigenvalue weighted by atomic mass is 79.9. The van der Waals surface area contributed by atoms with Gasteiger partial charge >= 0.3 is 0 Å². The van der Waals surface area contributed by atoms with Crippen LogP contribution in [0.4, 0.5) is 0 Å². The summed E-state index contributed by atoms with van der Waals surface area (Å²) in [5, 5.41) is 3.79. The highest BCUT2D eigenvalue weighted by Gasteiger charge is 2.12. The summed E-state index contributed by atoms with van der Waals surface area (Å²) in [7, 11) is 0. The van der Waals surface area contributed by atoms with Gasteiger partial charge in [-0.2, -0.15) is 0 Å². The lowest BCUT2D eigenvalue weighted by molar-refractivity contribution is -0.121. The van der Waals surface area contributed by atoms with Gasteiger partial charge < -0.3 is 5.32 Å². The lowest BCUT2D eigenvalue weighted by atomic mass is 10.1. The second-order valence-corrected chi connectivity index (χ2v) is 5.82. The summed E-state index contributed by atoms with van der Waals surface area (Å²) in [6.45, 7) is 2.07. The highest BCUT2D eigenvalue weighted by molar-refractivity contribution is 9.09. The number of carbonyl (C=O) groups is 1. The average Bonchev–Trinajstić information content (AvgIpc) is 2.53. The third kappa shape index (κ3) is 5.01. The molecule has 0 saturated heterocycles. The van der Waals surface area contributed by atoms with Gasteiger partial charge in [0.25, 0.3) is 0 Å². The molecule has 0 aliphatic heterocycles. The Balaban J connectivity index is 1.87. The topological polar surface area (TPSA) is 29.1 Å². The van der Waals surface area contributed by atoms with E-state index >= 15 is 0 Å². The van der Waals surface area contributed by atoms with Crippen molar-refractivity contribution in [3.63, 3.8) is 0 Å². The molecule has 2 rings (SSSR count). The standard InChI is InChI=1S/C18H20BrNO/c1-14-7-9-15(10-8-14)11-12-18(21)20-17(13-19)16-5-3-2-4-6-16/h2-10,17H,11-13H2,1H3,(H,20,21). The van der Waals surface area contributed by atoms with E-state index in [0.29, 0.717) is 11.8 Å². The minimum Gasteiger partial charge on any atom is -0.348 e. The molecule has 110 valence electrons. The third-order valence-electron chi connectivity index (χ3n) is 3.45. The Bertz CT molecular complexity index is 566. The van der Waals surface area contributed by atoms with Gasteiger partial charge in [0, 0.05) is 11.8 Å². The van der Waals surface area contributed by atoms with Crippen LogP contribution < -0.4 is 5.32 Å². The zero-order valence-corrected chi connectivity index (χ0v) is 13.8. The molecule has 0 fully saturated rings. The predicted molar refractivity (Wildman–Crippen MR) is 90.6 cm³/mol. The van der Waals surface area contributed by atoms with Gasteiger partial charge in [-0.05, 0) is 24.5 Å². The van der Waals surface area contributed by atoms with Gasteiger partial charge in [-0.3, -0.25) is 4.79 Å². The van der Waals surface area contributed by atoms with E-state index in [2.05, 4.69) is 52.4 Å². The molecule has 0 saturated carbocycles. The highest BCUT2D eigenvalue weighted by Crippen LogP contribution is 2.15. The van der Waals surface area contributed by atoms with Gasteiger partial charge in [-0.15, -0.1) is 0 Å². The first-order valence-corrected chi connectivity index (χ1v) is 8.27. The number of hydrogen-bond donors (Lipinski definition) is 1. The van der Waals surface area contributed by atoms with Crippen LogP contribution in [0.25, 0.3) is 0 Å². The summed E-state index contributed by atoms with van der Waals surface area (Å²) in [6, 6.07) is 18.4. The molecular weight excluding hydrogens is 326 g/mol. The average molecular weight is 346 g/mol. The number of alkyl halides is 1. The summed E-state index contributed by atoms with van der Waals surface area (Å²) in [5.74, 6) is 0.0869. The van der Waals surface area contributed by atoms with Crippen molar-refractivity contribution in [2.45, 2.75) is 25.8 Å². The van der Waals surface area contributed by atoms with E-state index in [4.69, 9.17) is 0 Å². The van der Waals surface area contributed by atoms with Gasteiger partial charge in [-0.25, -0.2) is 0 Å². The van der Waals surface area contributed by atoms with Gasteiger partial charge in [0.05, 0.1) is 6.04 Å². The van der Waals surface area contributed by atoms with Gasteiger partial charge in [0.2, 0.25) is 5.91 Å². The molecule has 0 heterocycles. The SMILES string of the molecule is Cc1ccc(CCC(=O)NC(CBr)c2ccccc2)cc1. The van der Waals surface area contributed by atoms with Crippen LogP contribution in [0, 0.1) is 6.92 Å². The molecule has 0 aliphatic rings. The molecule has 3 heteroatoms. The van der Waals surface area contributed by atoms with E-state index in [0.717, 1.165) is 12.0 Å². The number of carbonyl (C=O) groups excluding carboxylic acids is 1. The maximum absolute atomic E-state index is 12.1. The van der Waals surface area contributed by atoms with Crippen molar-refractivity contribution in [1.82, 2.24) is 5.32 Å². The van der Waals surface area contributed by atoms with Crippen molar-refractivity contribution in [3.05, 3.63) is 71.3 Å². The van der Waals surface area contributed by atoms with Gasteiger partial charge in [0.1, 0.15) is 0 Å². The van der Waals surface area contributed by atoms with Crippen LogP contribution in [-0.4, -0.2) is 11.2 Å². The van der Waals surface area contributed by atoms with E-state index in [1.165, 1.54) is 11.1 Å². The summed E-state index contributed by atoms with van der Waals surface area (Å²) in [6.07, 6.45) is 1.29. The van der Waals surface area contributed by atoms with Gasteiger partial charge in [0.15, 0.2) is 0 Å². The number of amides is 1. The second kappa shape index (κ2) is 7.99. The predicted octanol–water partition coefficient (Wildman–Crippen LogP) is 4.18. The molecular formula is C18H20BrNO. The van der Waals surface area contributed by atoms with E-state index in [1.807, 2.05) is 30.3 Å². The molecule has 21 heavy (non-hydrogen) atoms. The molecule has 1 atom stereocenters. The normalized spacial score (nSPS) is 11.9. The molecule has 0 radical (unpaired) electrons. The van der Waals surface area contributed by atoms with E-state index in [-0.39, 0.29) is 11.9 Å². The fourth-order valence-electron chi connectivity index (χ4n) is 2.18. The first-order valence-electron chi connectivity index (χ1n) is 7.15. The first kappa shape index (κ1) is 15.8. The lowest BCUT2D eigenvalue weighted by Crippen LogP contribution is -2.29. The van der Waals surface area contributed by atoms with Crippen LogP contribution in [0.1, 0.15) is 29.2 Å². The van der Waals surface area contributed by atoms with Crippen LogP contribution in [-0.2, 0) is 11.2 Å². The fourth-order valence-corrected chi connectivity index (χ4v) is 2.71. The van der Waals surface area contributed by atoms with Crippen molar-refractivity contribution >= 4 is 21.8 Å². The van der Waals surface area contributed by atoms with Crippen molar-refractivity contribution < 1.29 is 4.79 Å². The molecule has 0 spiro atoms. The molecule has 0 aliphatic carbocycles. The molecule has 1 unspecified atom stereocenters. The smallest absolute Gasteiger partial charge is 0.220 e. The van der Waals surface area contributed by atoms with Crippen LogP contribution in [0.3, 0.4) is 0 Å². The Morgan fingerprint density at radius 3 is 2.38 bits per heavy atom. The zero-order valence-electron chi connectivity index (χ0n) is 12.2. The molecule has 2 nitrogen and oxygen atoms in total. The van der Waals surface area contributed by atoms with E-state index < -0.39 is 0 Å².